The van der Waals surface area contributed by atoms with Gasteiger partial charge in [-0.15, -0.1) is 12.4 Å². The molecule has 0 saturated carbocycles. The number of nitrogens with one attached hydrogen (secondary N) is 8. The Morgan fingerprint density at radius 3 is 1.23 bits per heavy atom. The molecule has 0 radical (unpaired) electrons. The van der Waals surface area contributed by atoms with Crippen molar-refractivity contribution in [2.24, 2.45) is 11.8 Å². The van der Waals surface area contributed by atoms with Crippen LogP contribution >= 0.6 is 12.4 Å². The van der Waals surface area contributed by atoms with Crippen molar-refractivity contribution >= 4 is 65.4 Å². The zero-order valence-corrected chi connectivity index (χ0v) is 45.1. The van der Waals surface area contributed by atoms with Crippen LogP contribution in [0.3, 0.4) is 0 Å². The Kier molecular flexibility index (Phi) is 22.4. The Hall–Kier alpha value is -6.57. The van der Waals surface area contributed by atoms with Gasteiger partial charge in [0.1, 0.15) is 24.2 Å². The van der Waals surface area contributed by atoms with E-state index in [9.17, 15) is 38.4 Å². The molecule has 0 aromatic heterocycles. The number of halogens is 1. The van der Waals surface area contributed by atoms with Gasteiger partial charge >= 0.3 is 0 Å². The fraction of sp³-hybridized carbons (Fsp3) is 0.519. The van der Waals surface area contributed by atoms with Crippen LogP contribution in [0.15, 0.2) is 78.9 Å². The lowest BCUT2D eigenvalue weighted by molar-refractivity contribution is -0.143. The summed E-state index contributed by atoms with van der Waals surface area (Å²) >= 11 is 0. The minimum Gasteiger partial charge on any atom is -0.399 e. The van der Waals surface area contributed by atoms with Crippen LogP contribution in [-0.2, 0) is 28.8 Å². The van der Waals surface area contributed by atoms with Crippen LogP contribution in [-0.4, -0.2) is 133 Å². The van der Waals surface area contributed by atoms with Gasteiger partial charge in [0.05, 0.1) is 24.2 Å². The van der Waals surface area contributed by atoms with Gasteiger partial charge in [-0.05, 0) is 95.8 Å². The third-order valence-electron chi connectivity index (χ3n) is 14.4. The largest absolute Gasteiger partial charge is 0.399 e. The standard InChI is InChI=1S/C54H77N11O8.ClH/c1-11-30(3)45(62-47(66)34(7)56-9)53(72)64-28-41(26-43(64)51(70)58-32(5)36-19-15-13-16-20-36)60-49(68)38-23-39(25-40(55)24-38)50(69)61-42-27-44(52(71)59-33(6)37-21-17-14-18-22-37)65(29-42)54(73)46(31(4)12-2)63-48(67)35(8)57-10;/h13-25,30-35,41-46,56-57H,11-12,26-29,55H2,1-10H3,(H,58,70)(H,59,71)(H,60,68)(H,61,69)(H,62,66)(H,63,67);1H/t30-,31-,32-,33-,34+,35+,41+,42+,43+,44+,45+,46+;/m1./s1. The van der Waals surface area contributed by atoms with Gasteiger partial charge in [0.15, 0.2) is 0 Å². The topological polar surface area (TPSA) is 265 Å². The Bertz CT molecular complexity index is 2270. The summed E-state index contributed by atoms with van der Waals surface area (Å²) in [4.78, 5) is 115. The quantitative estimate of drug-likeness (QED) is 0.0661. The van der Waals surface area contributed by atoms with E-state index in [4.69, 9.17) is 5.73 Å². The van der Waals surface area contributed by atoms with Crippen molar-refractivity contribution in [2.75, 3.05) is 32.9 Å². The number of nitrogen functional groups attached to an aromatic ring is 1. The van der Waals surface area contributed by atoms with E-state index in [-0.39, 0.29) is 78.8 Å². The van der Waals surface area contributed by atoms with E-state index in [2.05, 4.69) is 42.5 Å². The van der Waals surface area contributed by atoms with Crippen molar-refractivity contribution < 1.29 is 38.4 Å². The van der Waals surface area contributed by atoms with Gasteiger partial charge < -0.3 is 58.1 Å². The van der Waals surface area contributed by atoms with E-state index in [1.165, 1.54) is 28.0 Å². The molecule has 2 aliphatic heterocycles. The molecule has 404 valence electrons. The summed E-state index contributed by atoms with van der Waals surface area (Å²) in [6.07, 6.45) is 1.23. The third kappa shape index (κ3) is 15.3. The Morgan fingerprint density at radius 1 is 0.554 bits per heavy atom. The van der Waals surface area contributed by atoms with Gasteiger partial charge in [0.25, 0.3) is 11.8 Å². The average Bonchev–Trinajstić information content (AvgIpc) is 4.03. The molecule has 10 N–H and O–H groups in total. The predicted molar refractivity (Wildman–Crippen MR) is 287 cm³/mol. The normalized spacial score (nSPS) is 20.5. The van der Waals surface area contributed by atoms with Gasteiger partial charge in [-0.25, -0.2) is 0 Å². The summed E-state index contributed by atoms with van der Waals surface area (Å²) in [5, 5.41) is 23.5. The van der Waals surface area contributed by atoms with Crippen molar-refractivity contribution in [1.29, 1.82) is 0 Å². The first-order valence-electron chi connectivity index (χ1n) is 25.5. The molecule has 3 aromatic carbocycles. The second-order valence-electron chi connectivity index (χ2n) is 19.7. The summed E-state index contributed by atoms with van der Waals surface area (Å²) in [5.74, 6) is -4.33. The lowest BCUT2D eigenvalue weighted by atomic mass is 9.97. The minimum absolute atomic E-state index is 0. The maximum absolute atomic E-state index is 14.5. The number of amides is 8. The monoisotopic (exact) mass is 1040 g/mol. The first-order valence-corrected chi connectivity index (χ1v) is 25.5. The van der Waals surface area contributed by atoms with Crippen LogP contribution in [0.5, 0.6) is 0 Å². The number of rotatable bonds is 22. The number of carbonyl (C=O) groups excluding carboxylic acids is 8. The van der Waals surface area contributed by atoms with Gasteiger partial charge in [-0.2, -0.15) is 0 Å². The number of anilines is 1. The van der Waals surface area contributed by atoms with Crippen molar-refractivity contribution in [3.63, 3.8) is 0 Å². The molecule has 74 heavy (non-hydrogen) atoms. The Labute approximate surface area is 441 Å². The molecule has 20 heteroatoms. The number of nitrogens with zero attached hydrogens (tertiary/aromatic N) is 2. The summed E-state index contributed by atoms with van der Waals surface area (Å²) in [6.45, 7) is 14.5. The second kappa shape index (κ2) is 27.6. The van der Waals surface area contributed by atoms with Crippen LogP contribution < -0.4 is 48.3 Å². The average molecular weight is 1040 g/mol. The van der Waals surface area contributed by atoms with Crippen molar-refractivity contribution in [3.8, 4) is 0 Å². The molecule has 3 aromatic rings. The van der Waals surface area contributed by atoms with Crippen molar-refractivity contribution in [2.45, 2.75) is 141 Å². The van der Waals surface area contributed by atoms with Crippen LogP contribution in [0.1, 0.15) is 125 Å². The van der Waals surface area contributed by atoms with Gasteiger partial charge in [0.2, 0.25) is 35.4 Å². The molecule has 2 heterocycles. The molecule has 2 aliphatic rings. The third-order valence-corrected chi connectivity index (χ3v) is 14.4. The van der Waals surface area contributed by atoms with E-state index in [0.717, 1.165) is 11.1 Å². The molecular formula is C54H78ClN11O8. The highest BCUT2D eigenvalue weighted by Gasteiger charge is 2.46. The summed E-state index contributed by atoms with van der Waals surface area (Å²) in [7, 11) is 3.28. The first kappa shape index (κ1) is 60.0. The van der Waals surface area contributed by atoms with E-state index >= 15 is 0 Å². The molecule has 0 bridgehead atoms. The van der Waals surface area contributed by atoms with E-state index < -0.39 is 95.9 Å². The van der Waals surface area contributed by atoms with Crippen molar-refractivity contribution in [1.82, 2.24) is 52.3 Å². The number of likely N-dealkylation sites (N-methyl/N-ethyl adjacent to an activating group) is 2. The highest BCUT2D eigenvalue weighted by molar-refractivity contribution is 6.02. The molecule has 0 aliphatic carbocycles. The highest BCUT2D eigenvalue weighted by Crippen LogP contribution is 2.27. The summed E-state index contributed by atoms with van der Waals surface area (Å²) in [5.41, 5.74) is 8.23. The van der Waals surface area contributed by atoms with E-state index in [1.54, 1.807) is 27.9 Å². The molecule has 2 saturated heterocycles. The second-order valence-corrected chi connectivity index (χ2v) is 19.7. The fourth-order valence-corrected chi connectivity index (χ4v) is 9.13. The summed E-state index contributed by atoms with van der Waals surface area (Å²) < 4.78 is 0. The Morgan fingerprint density at radius 2 is 0.905 bits per heavy atom. The summed E-state index contributed by atoms with van der Waals surface area (Å²) in [6, 6.07) is 15.6. The van der Waals surface area contributed by atoms with Crippen LogP contribution in [0, 0.1) is 11.8 Å². The molecule has 19 nitrogen and oxygen atoms in total. The van der Waals surface area contributed by atoms with E-state index in [0.29, 0.717) is 12.8 Å². The number of likely N-dealkylation sites (tertiary alicyclic amines) is 2. The zero-order chi connectivity index (χ0) is 53.7. The molecule has 8 amide bonds. The van der Waals surface area contributed by atoms with Crippen LogP contribution in [0.2, 0.25) is 0 Å². The smallest absolute Gasteiger partial charge is 0.251 e. The molecule has 0 spiro atoms. The van der Waals surface area contributed by atoms with Gasteiger partial charge in [0, 0.05) is 42.0 Å². The molecule has 0 unspecified atom stereocenters. The Balaban J connectivity index is 0.0000119. The number of benzene rings is 3. The lowest BCUT2D eigenvalue weighted by Gasteiger charge is -2.32. The van der Waals surface area contributed by atoms with E-state index in [1.807, 2.05) is 102 Å². The zero-order valence-electron chi connectivity index (χ0n) is 44.3. The van der Waals surface area contributed by atoms with Gasteiger partial charge in [-0.1, -0.05) is 101 Å². The number of hydrogen-bond acceptors (Lipinski definition) is 11. The van der Waals surface area contributed by atoms with Crippen molar-refractivity contribution in [3.05, 3.63) is 101 Å². The lowest BCUT2D eigenvalue weighted by Crippen LogP contribution is -2.57. The molecule has 12 atom stereocenters. The predicted octanol–water partition coefficient (Wildman–Crippen LogP) is 3.12. The number of hydrogen-bond donors (Lipinski definition) is 9. The van der Waals surface area contributed by atoms with Crippen LogP contribution in [0.4, 0.5) is 5.69 Å². The molecule has 5 rings (SSSR count). The first-order chi connectivity index (χ1) is 34.7. The van der Waals surface area contributed by atoms with Gasteiger partial charge in [-0.3, -0.25) is 38.4 Å². The number of nitrogens with two attached hydrogens (primary N) is 1. The molecular weight excluding hydrogens is 966 g/mol. The maximum atomic E-state index is 14.5. The van der Waals surface area contributed by atoms with Crippen LogP contribution in [0.25, 0.3) is 0 Å². The SMILES string of the molecule is CC[C@@H](C)[C@H](NC(=O)[C@H](C)NC)C(=O)N1C[C@@H](NC(=O)c2cc(N)cc(C(=O)N[C@H]3C[C@@H](C(=O)N[C@H](C)c4ccccc4)N(C(=O)[C@@H](NC(=O)[C@H](C)NC)[C@H](C)CC)C3)c2)C[C@H]1C(=O)N[C@H](C)c1ccccc1.Cl. The number of carbonyl (C=O) groups is 8. The fourth-order valence-electron chi connectivity index (χ4n) is 9.13. The highest BCUT2D eigenvalue weighted by atomic mass is 35.5. The maximum Gasteiger partial charge on any atom is 0.251 e. The molecule has 2 fully saturated rings. The minimum atomic E-state index is -1.00.